The molecular formula is C8H17Li. The molecule has 0 bridgehead atoms. The van der Waals surface area contributed by atoms with Crippen LogP contribution in [0.15, 0.2) is 0 Å². The van der Waals surface area contributed by atoms with E-state index in [4.69, 9.17) is 0 Å². The van der Waals surface area contributed by atoms with Gasteiger partial charge >= 0.3 is 18.9 Å². The minimum absolute atomic E-state index is 0. The quantitative estimate of drug-likeness (QED) is 0.276. The van der Waals surface area contributed by atoms with E-state index >= 15 is 0 Å². The average Bonchev–Trinajstić information content (AvgIpc) is 1.81. The molecule has 0 unspecified atom stereocenters. The van der Waals surface area contributed by atoms with E-state index in [1.54, 1.807) is 0 Å². The molecule has 9 heavy (non-hydrogen) atoms. The third-order valence-electron chi connectivity index (χ3n) is 1.35. The maximum atomic E-state index is 3.78. The Morgan fingerprint density at radius 3 is 2.00 bits per heavy atom. The van der Waals surface area contributed by atoms with Crippen LogP contribution in [0.3, 0.4) is 0 Å². The summed E-state index contributed by atoms with van der Waals surface area (Å²) in [6.07, 6.45) is 7.98. The first-order chi connectivity index (χ1) is 3.91. The molecule has 0 fully saturated rings. The second-order valence-corrected chi connectivity index (χ2v) is 2.27. The van der Waals surface area contributed by atoms with Gasteiger partial charge in [-0.05, 0) is 0 Å². The Hall–Kier alpha value is 0.597. The molecule has 1 heteroatoms. The molecule has 0 heterocycles. The second-order valence-electron chi connectivity index (χ2n) is 2.27. The summed E-state index contributed by atoms with van der Waals surface area (Å²) in [5, 5.41) is 0. The molecule has 0 amide bonds. The molecule has 0 saturated carbocycles. The molecule has 0 aromatic carbocycles. The van der Waals surface area contributed by atoms with Crippen molar-refractivity contribution < 1.29 is 18.9 Å². The van der Waals surface area contributed by atoms with Crippen molar-refractivity contribution in [3.05, 3.63) is 6.92 Å². The molecule has 0 aromatic rings. The van der Waals surface area contributed by atoms with Crippen LogP contribution in [0, 0.1) is 6.92 Å². The van der Waals surface area contributed by atoms with Crippen LogP contribution in [-0.2, 0) is 0 Å². The summed E-state index contributed by atoms with van der Waals surface area (Å²) in [5.41, 5.74) is 0. The normalized spacial score (nSPS) is 8.67. The third-order valence-corrected chi connectivity index (χ3v) is 1.35. The summed E-state index contributed by atoms with van der Waals surface area (Å²) in [7, 11) is 0. The van der Waals surface area contributed by atoms with Crippen LogP contribution in [-0.4, -0.2) is 0 Å². The van der Waals surface area contributed by atoms with Gasteiger partial charge in [0.2, 0.25) is 0 Å². The molecule has 0 radical (unpaired) electrons. The van der Waals surface area contributed by atoms with Crippen LogP contribution in [0.2, 0.25) is 0 Å². The molecule has 0 atom stereocenters. The van der Waals surface area contributed by atoms with Gasteiger partial charge in [0.1, 0.15) is 0 Å². The van der Waals surface area contributed by atoms with E-state index < -0.39 is 0 Å². The van der Waals surface area contributed by atoms with Gasteiger partial charge in [-0.1, -0.05) is 39.0 Å². The van der Waals surface area contributed by atoms with Crippen LogP contribution in [0.4, 0.5) is 0 Å². The summed E-state index contributed by atoms with van der Waals surface area (Å²) in [5.74, 6) is 0. The molecule has 0 rings (SSSR count). The van der Waals surface area contributed by atoms with E-state index in [2.05, 4.69) is 13.8 Å². The van der Waals surface area contributed by atoms with Crippen molar-refractivity contribution in [2.24, 2.45) is 0 Å². The van der Waals surface area contributed by atoms with E-state index in [1.165, 1.54) is 32.1 Å². The van der Waals surface area contributed by atoms with Gasteiger partial charge in [0.05, 0.1) is 0 Å². The van der Waals surface area contributed by atoms with Crippen molar-refractivity contribution in [2.45, 2.75) is 45.4 Å². The molecule has 0 aliphatic rings. The first kappa shape index (κ1) is 12.3. The van der Waals surface area contributed by atoms with Crippen molar-refractivity contribution in [1.29, 1.82) is 0 Å². The molecule has 0 N–H and O–H groups in total. The second kappa shape index (κ2) is 11.4. The Kier molecular flexibility index (Phi) is 15.6. The van der Waals surface area contributed by atoms with E-state index in [-0.39, 0.29) is 18.9 Å². The zero-order valence-corrected chi connectivity index (χ0v) is 6.95. The minimum Gasteiger partial charge on any atom is -0.343 e. The Morgan fingerprint density at radius 1 is 1.00 bits per heavy atom. The van der Waals surface area contributed by atoms with Crippen molar-refractivity contribution >= 4 is 0 Å². The van der Waals surface area contributed by atoms with Gasteiger partial charge in [0.15, 0.2) is 0 Å². The number of unbranched alkanes of at least 4 members (excludes halogenated alkanes) is 5. The predicted octanol–water partition coefficient (Wildman–Crippen LogP) is 0.185. The summed E-state index contributed by atoms with van der Waals surface area (Å²) in [6, 6.07) is 0. The van der Waals surface area contributed by atoms with Crippen LogP contribution >= 0.6 is 0 Å². The van der Waals surface area contributed by atoms with E-state index in [1.807, 2.05) is 0 Å². The van der Waals surface area contributed by atoms with Crippen LogP contribution in [0.25, 0.3) is 0 Å². The Bertz CT molecular complexity index is 29.5. The van der Waals surface area contributed by atoms with Gasteiger partial charge < -0.3 is 6.92 Å². The molecular weight excluding hydrogens is 103 g/mol. The van der Waals surface area contributed by atoms with Crippen LogP contribution in [0.5, 0.6) is 0 Å². The average molecular weight is 120 g/mol. The third kappa shape index (κ3) is 11.9. The summed E-state index contributed by atoms with van der Waals surface area (Å²) >= 11 is 0. The van der Waals surface area contributed by atoms with Crippen molar-refractivity contribution in [2.75, 3.05) is 0 Å². The fourth-order valence-corrected chi connectivity index (χ4v) is 0.780. The molecule has 0 saturated heterocycles. The zero-order chi connectivity index (χ0) is 6.24. The molecule has 0 aliphatic heterocycles. The van der Waals surface area contributed by atoms with E-state index in [0.717, 1.165) is 6.42 Å². The SMILES string of the molecule is [CH2-]CCCCCCC.[Li+]. The van der Waals surface area contributed by atoms with Gasteiger partial charge in [-0.15, -0.1) is 0 Å². The Morgan fingerprint density at radius 2 is 1.56 bits per heavy atom. The number of rotatable bonds is 5. The van der Waals surface area contributed by atoms with Gasteiger partial charge in [0.25, 0.3) is 0 Å². The van der Waals surface area contributed by atoms with Crippen LogP contribution < -0.4 is 18.9 Å². The van der Waals surface area contributed by atoms with Crippen LogP contribution in [0.1, 0.15) is 45.4 Å². The van der Waals surface area contributed by atoms with Crippen molar-refractivity contribution in [1.82, 2.24) is 0 Å². The van der Waals surface area contributed by atoms with Crippen molar-refractivity contribution in [3.63, 3.8) is 0 Å². The summed E-state index contributed by atoms with van der Waals surface area (Å²) in [6.45, 7) is 6.02. The Labute approximate surface area is 71.6 Å². The van der Waals surface area contributed by atoms with Gasteiger partial charge in [0, 0.05) is 0 Å². The zero-order valence-electron chi connectivity index (χ0n) is 6.95. The molecule has 0 aliphatic carbocycles. The largest absolute Gasteiger partial charge is 1.00 e. The standard InChI is InChI=1S/C8H17.Li/c1-3-5-7-8-6-4-2;/h1,3-8H2,2H3;/q-1;+1. The van der Waals surface area contributed by atoms with Gasteiger partial charge in [-0.25, -0.2) is 0 Å². The van der Waals surface area contributed by atoms with Gasteiger partial charge in [-0.2, -0.15) is 6.42 Å². The smallest absolute Gasteiger partial charge is 0.343 e. The van der Waals surface area contributed by atoms with E-state index in [0.29, 0.717) is 0 Å². The van der Waals surface area contributed by atoms with Crippen molar-refractivity contribution in [3.8, 4) is 0 Å². The maximum Gasteiger partial charge on any atom is 1.00 e. The first-order valence-electron chi connectivity index (χ1n) is 3.71. The topological polar surface area (TPSA) is 0 Å². The Balaban J connectivity index is 0. The predicted molar refractivity (Wildman–Crippen MR) is 38.7 cm³/mol. The first-order valence-corrected chi connectivity index (χ1v) is 3.71. The molecule has 50 valence electrons. The number of hydrogen-bond donors (Lipinski definition) is 0. The summed E-state index contributed by atoms with van der Waals surface area (Å²) < 4.78 is 0. The molecule has 0 nitrogen and oxygen atoms in total. The maximum absolute atomic E-state index is 3.78. The number of hydrogen-bond acceptors (Lipinski definition) is 0. The monoisotopic (exact) mass is 120 g/mol. The fraction of sp³-hybridized carbons (Fsp3) is 0.875. The molecule has 0 aromatic heterocycles. The molecule has 0 spiro atoms. The van der Waals surface area contributed by atoms with E-state index in [9.17, 15) is 0 Å². The summed E-state index contributed by atoms with van der Waals surface area (Å²) in [4.78, 5) is 0. The minimum atomic E-state index is 0. The fourth-order valence-electron chi connectivity index (χ4n) is 0.780. The van der Waals surface area contributed by atoms with Gasteiger partial charge in [-0.3, -0.25) is 0 Å².